The van der Waals surface area contributed by atoms with Crippen LogP contribution in [0.2, 0.25) is 0 Å². The summed E-state index contributed by atoms with van der Waals surface area (Å²) in [7, 11) is -3.18. The Labute approximate surface area is 154 Å². The van der Waals surface area contributed by atoms with Crippen molar-refractivity contribution in [2.24, 2.45) is 0 Å². The maximum Gasteiger partial charge on any atom is 0.215 e. The highest BCUT2D eigenvalue weighted by Crippen LogP contribution is 2.36. The van der Waals surface area contributed by atoms with Crippen LogP contribution in [0.25, 0.3) is 0 Å². The highest BCUT2D eigenvalue weighted by Gasteiger charge is 2.23. The van der Waals surface area contributed by atoms with Gasteiger partial charge in [-0.3, -0.25) is 0 Å². The Hall–Kier alpha value is -2.12. The minimum Gasteiger partial charge on any atom is -0.474 e. The number of nitrogens with zero attached hydrogens (tertiary/aromatic N) is 2. The van der Waals surface area contributed by atoms with Crippen molar-refractivity contribution in [1.29, 1.82) is 0 Å². The quantitative estimate of drug-likeness (QED) is 0.887. The van der Waals surface area contributed by atoms with Gasteiger partial charge in [0.2, 0.25) is 5.88 Å². The number of aromatic nitrogens is 1. The summed E-state index contributed by atoms with van der Waals surface area (Å²) >= 11 is 0. The molecule has 7 heteroatoms. The molecule has 1 saturated heterocycles. The number of benzene rings is 1. The minimum absolute atomic E-state index is 0.210. The van der Waals surface area contributed by atoms with E-state index in [0.29, 0.717) is 10.8 Å². The first-order valence-corrected chi connectivity index (χ1v) is 10.8. The van der Waals surface area contributed by atoms with Crippen molar-refractivity contribution in [2.75, 3.05) is 30.8 Å². The van der Waals surface area contributed by atoms with Crippen molar-refractivity contribution in [3.05, 3.63) is 42.1 Å². The summed E-state index contributed by atoms with van der Waals surface area (Å²) in [5.41, 5.74) is 3.14. The summed E-state index contributed by atoms with van der Waals surface area (Å²) in [5.74, 6) is 0.649. The fourth-order valence-electron chi connectivity index (χ4n) is 3.59. The lowest BCUT2D eigenvalue weighted by molar-refractivity contribution is 0.156. The molecule has 0 atom stereocenters. The lowest BCUT2D eigenvalue weighted by Crippen LogP contribution is -2.34. The third-order valence-corrected chi connectivity index (χ3v) is 6.09. The first-order chi connectivity index (χ1) is 12.5. The molecule has 0 radical (unpaired) electrons. The lowest BCUT2D eigenvalue weighted by atomic mass is 10.1. The van der Waals surface area contributed by atoms with E-state index in [9.17, 15) is 8.42 Å². The molecule has 1 aromatic heterocycles. The van der Waals surface area contributed by atoms with E-state index < -0.39 is 9.84 Å². The predicted molar refractivity (Wildman–Crippen MR) is 101 cm³/mol. The van der Waals surface area contributed by atoms with Gasteiger partial charge in [0.05, 0.1) is 4.90 Å². The van der Waals surface area contributed by atoms with E-state index in [1.807, 2.05) is 18.2 Å². The number of sulfone groups is 1. The molecule has 6 nitrogen and oxygen atoms in total. The van der Waals surface area contributed by atoms with Gasteiger partial charge >= 0.3 is 0 Å². The van der Waals surface area contributed by atoms with E-state index in [0.717, 1.165) is 55.8 Å². The monoisotopic (exact) mass is 373 g/mol. The molecule has 26 heavy (non-hydrogen) atoms. The Balaban J connectivity index is 1.57. The zero-order valence-corrected chi connectivity index (χ0v) is 15.6. The van der Waals surface area contributed by atoms with Crippen LogP contribution in [0.15, 0.2) is 41.4 Å². The standard InChI is InChI=1S/C19H23N3O3S/c1-26(23,24)17-2-3-18-14(12-17)7-11-22(18)15-4-10-21-19(13-15)25-16-5-8-20-9-6-16/h2-4,10,12-13,16,20H,5-9,11H2,1H3. The van der Waals surface area contributed by atoms with Gasteiger partial charge in [0, 0.05) is 36.4 Å². The molecule has 0 unspecified atom stereocenters. The zero-order chi connectivity index (χ0) is 18.1. The van der Waals surface area contributed by atoms with Gasteiger partial charge in [0.1, 0.15) is 6.10 Å². The lowest BCUT2D eigenvalue weighted by Gasteiger charge is -2.24. The van der Waals surface area contributed by atoms with Gasteiger partial charge in [-0.25, -0.2) is 13.4 Å². The molecule has 1 aromatic carbocycles. The Bertz CT molecular complexity index is 908. The number of ether oxygens (including phenoxy) is 1. The maximum atomic E-state index is 11.8. The summed E-state index contributed by atoms with van der Waals surface area (Å²) in [6, 6.07) is 9.31. The first-order valence-electron chi connectivity index (χ1n) is 8.95. The first kappa shape index (κ1) is 17.3. The average Bonchev–Trinajstić information content (AvgIpc) is 3.05. The highest BCUT2D eigenvalue weighted by atomic mass is 32.2. The molecular weight excluding hydrogens is 350 g/mol. The Kier molecular flexibility index (Phi) is 4.58. The molecule has 0 aliphatic carbocycles. The number of pyridine rings is 1. The second-order valence-electron chi connectivity index (χ2n) is 6.88. The molecule has 4 rings (SSSR count). The van der Waals surface area contributed by atoms with Crippen molar-refractivity contribution in [1.82, 2.24) is 10.3 Å². The molecule has 1 N–H and O–H groups in total. The van der Waals surface area contributed by atoms with Crippen LogP contribution in [-0.2, 0) is 16.3 Å². The van der Waals surface area contributed by atoms with Crippen LogP contribution >= 0.6 is 0 Å². The number of hydrogen-bond donors (Lipinski definition) is 1. The third-order valence-electron chi connectivity index (χ3n) is 4.98. The van der Waals surface area contributed by atoms with Gasteiger partial charge in [-0.05, 0) is 62.2 Å². The summed E-state index contributed by atoms with van der Waals surface area (Å²) in [6.07, 6.45) is 6.04. The molecule has 0 spiro atoms. The van der Waals surface area contributed by atoms with E-state index >= 15 is 0 Å². The normalized spacial score (nSPS) is 18.0. The van der Waals surface area contributed by atoms with Crippen LogP contribution in [0.5, 0.6) is 5.88 Å². The van der Waals surface area contributed by atoms with E-state index in [1.165, 1.54) is 6.26 Å². The van der Waals surface area contributed by atoms with Crippen LogP contribution in [0.1, 0.15) is 18.4 Å². The smallest absolute Gasteiger partial charge is 0.215 e. The second kappa shape index (κ2) is 6.89. The number of fused-ring (bicyclic) bond motifs is 1. The van der Waals surface area contributed by atoms with Crippen molar-refractivity contribution < 1.29 is 13.2 Å². The number of piperidine rings is 1. The Morgan fingerprint density at radius 1 is 1.19 bits per heavy atom. The minimum atomic E-state index is -3.18. The summed E-state index contributed by atoms with van der Waals surface area (Å²) in [5, 5.41) is 3.33. The predicted octanol–water partition coefficient (Wildman–Crippen LogP) is 2.31. The molecule has 1 fully saturated rings. The molecule has 2 aliphatic rings. The van der Waals surface area contributed by atoms with E-state index in [4.69, 9.17) is 4.74 Å². The number of anilines is 2. The van der Waals surface area contributed by atoms with Crippen molar-refractivity contribution >= 4 is 21.2 Å². The number of nitrogens with one attached hydrogen (secondary N) is 1. The largest absolute Gasteiger partial charge is 0.474 e. The highest BCUT2D eigenvalue weighted by molar-refractivity contribution is 7.90. The van der Waals surface area contributed by atoms with Gasteiger partial charge < -0.3 is 15.0 Å². The zero-order valence-electron chi connectivity index (χ0n) is 14.8. The number of hydrogen-bond acceptors (Lipinski definition) is 6. The van der Waals surface area contributed by atoms with Gasteiger partial charge in [-0.15, -0.1) is 0 Å². The van der Waals surface area contributed by atoms with Crippen LogP contribution < -0.4 is 15.0 Å². The number of rotatable bonds is 4. The van der Waals surface area contributed by atoms with Crippen LogP contribution in [0.4, 0.5) is 11.4 Å². The maximum absolute atomic E-state index is 11.8. The van der Waals surface area contributed by atoms with E-state index in [1.54, 1.807) is 18.3 Å². The second-order valence-corrected chi connectivity index (χ2v) is 8.90. The van der Waals surface area contributed by atoms with Crippen molar-refractivity contribution in [2.45, 2.75) is 30.3 Å². The SMILES string of the molecule is CS(=O)(=O)c1ccc2c(c1)CCN2c1ccnc(OC2CCNCC2)c1. The Morgan fingerprint density at radius 2 is 2.00 bits per heavy atom. The average molecular weight is 373 g/mol. The molecule has 0 saturated carbocycles. The van der Waals surface area contributed by atoms with Gasteiger partial charge in [-0.2, -0.15) is 0 Å². The van der Waals surface area contributed by atoms with Crippen molar-refractivity contribution in [3.8, 4) is 5.88 Å². The van der Waals surface area contributed by atoms with Gasteiger partial charge in [-0.1, -0.05) is 0 Å². The fourth-order valence-corrected chi connectivity index (χ4v) is 4.26. The molecule has 0 bridgehead atoms. The molecule has 2 aromatic rings. The van der Waals surface area contributed by atoms with E-state index in [-0.39, 0.29) is 6.10 Å². The van der Waals surface area contributed by atoms with E-state index in [2.05, 4.69) is 15.2 Å². The molecule has 3 heterocycles. The Morgan fingerprint density at radius 3 is 2.77 bits per heavy atom. The van der Waals surface area contributed by atoms with Gasteiger partial charge in [0.25, 0.3) is 0 Å². The molecule has 138 valence electrons. The van der Waals surface area contributed by atoms with Crippen LogP contribution in [0, 0.1) is 0 Å². The molecule has 0 amide bonds. The third kappa shape index (κ3) is 3.54. The van der Waals surface area contributed by atoms with Crippen molar-refractivity contribution in [3.63, 3.8) is 0 Å². The summed E-state index contributed by atoms with van der Waals surface area (Å²) < 4.78 is 29.6. The summed E-state index contributed by atoms with van der Waals surface area (Å²) in [4.78, 5) is 6.93. The molecular formula is C19H23N3O3S. The fraction of sp³-hybridized carbons (Fsp3) is 0.421. The topological polar surface area (TPSA) is 71.5 Å². The van der Waals surface area contributed by atoms with Crippen LogP contribution in [-0.4, -0.2) is 45.4 Å². The molecule has 2 aliphatic heterocycles. The van der Waals surface area contributed by atoms with Crippen LogP contribution in [0.3, 0.4) is 0 Å². The summed E-state index contributed by atoms with van der Waals surface area (Å²) in [6.45, 7) is 2.78. The van der Waals surface area contributed by atoms with Gasteiger partial charge in [0.15, 0.2) is 9.84 Å².